The summed E-state index contributed by atoms with van der Waals surface area (Å²) in [7, 11) is 0. The van der Waals surface area contributed by atoms with Crippen LogP contribution in [0.3, 0.4) is 0 Å². The van der Waals surface area contributed by atoms with E-state index in [1.807, 2.05) is 0 Å². The van der Waals surface area contributed by atoms with E-state index in [2.05, 4.69) is 4.42 Å². The summed E-state index contributed by atoms with van der Waals surface area (Å²) in [6.07, 6.45) is 0.678. The maximum Gasteiger partial charge on any atom is 0.351 e. The predicted octanol–water partition coefficient (Wildman–Crippen LogP) is 3.25. The molecule has 0 unspecified atom stereocenters. The Hall–Kier alpha value is -2.97. The second-order valence-corrected chi connectivity index (χ2v) is 4.59. The minimum absolute atomic E-state index is 0.00204. The highest BCUT2D eigenvalue weighted by Gasteiger charge is 2.24. The van der Waals surface area contributed by atoms with Gasteiger partial charge in [-0.05, 0) is 19.1 Å². The molecule has 0 amide bonds. The third-order valence-electron chi connectivity index (χ3n) is 2.95. The van der Waals surface area contributed by atoms with Crippen molar-refractivity contribution in [1.82, 2.24) is 0 Å². The van der Waals surface area contributed by atoms with Crippen LogP contribution < -0.4 is 5.63 Å². The normalized spacial score (nSPS) is 11.2. The van der Waals surface area contributed by atoms with Crippen LogP contribution in [0.25, 0.3) is 6.08 Å². The fourth-order valence-corrected chi connectivity index (χ4v) is 1.83. The molecular formula is C15H7F5O4. The zero-order valence-electron chi connectivity index (χ0n) is 11.8. The maximum atomic E-state index is 13.5. The van der Waals surface area contributed by atoms with Crippen molar-refractivity contribution < 1.29 is 36.3 Å². The molecule has 0 saturated heterocycles. The van der Waals surface area contributed by atoms with E-state index < -0.39 is 57.4 Å². The van der Waals surface area contributed by atoms with Crippen LogP contribution in [0.2, 0.25) is 0 Å². The Kier molecular flexibility index (Phi) is 4.54. The molecule has 2 rings (SSSR count). The molecule has 1 heterocycles. The second kappa shape index (κ2) is 6.26. The van der Waals surface area contributed by atoms with E-state index in [0.717, 1.165) is 6.07 Å². The van der Waals surface area contributed by atoms with Crippen molar-refractivity contribution >= 4 is 11.9 Å². The van der Waals surface area contributed by atoms with Crippen LogP contribution in [-0.2, 0) is 0 Å². The van der Waals surface area contributed by atoms with Crippen LogP contribution in [0, 0.1) is 36.0 Å². The number of aryl methyl sites for hydroxylation is 1. The van der Waals surface area contributed by atoms with E-state index in [0.29, 0.717) is 12.2 Å². The van der Waals surface area contributed by atoms with Gasteiger partial charge in [0.2, 0.25) is 5.82 Å². The van der Waals surface area contributed by atoms with Gasteiger partial charge in [0, 0.05) is 6.07 Å². The highest BCUT2D eigenvalue weighted by atomic mass is 19.2. The van der Waals surface area contributed by atoms with Gasteiger partial charge in [-0.15, -0.1) is 0 Å². The van der Waals surface area contributed by atoms with E-state index in [-0.39, 0.29) is 5.76 Å². The highest BCUT2D eigenvalue weighted by Crippen LogP contribution is 2.24. The molecule has 0 fully saturated rings. The molecule has 0 radical (unpaired) electrons. The average Bonchev–Trinajstić information content (AvgIpc) is 2.50. The zero-order valence-corrected chi connectivity index (χ0v) is 11.8. The minimum Gasteiger partial charge on any atom is -0.507 e. The number of allylic oxidation sites excluding steroid dienone is 1. The molecule has 1 aromatic heterocycles. The summed E-state index contributed by atoms with van der Waals surface area (Å²) in [5.74, 6) is -13.0. The van der Waals surface area contributed by atoms with E-state index in [1.54, 1.807) is 0 Å². The van der Waals surface area contributed by atoms with E-state index >= 15 is 0 Å². The topological polar surface area (TPSA) is 67.5 Å². The van der Waals surface area contributed by atoms with E-state index in [9.17, 15) is 36.6 Å². The summed E-state index contributed by atoms with van der Waals surface area (Å²) in [6, 6.07) is 0.945. The van der Waals surface area contributed by atoms with Crippen molar-refractivity contribution in [2.24, 2.45) is 0 Å². The summed E-state index contributed by atoms with van der Waals surface area (Å²) < 4.78 is 70.5. The Labute approximate surface area is 130 Å². The number of hydrogen-bond donors (Lipinski definition) is 1. The Morgan fingerprint density at radius 3 is 2.04 bits per heavy atom. The number of aromatic hydroxyl groups is 1. The van der Waals surface area contributed by atoms with Crippen LogP contribution >= 0.6 is 0 Å². The van der Waals surface area contributed by atoms with E-state index in [4.69, 9.17) is 0 Å². The highest BCUT2D eigenvalue weighted by molar-refractivity contribution is 6.08. The first-order chi connectivity index (χ1) is 11.1. The van der Waals surface area contributed by atoms with Crippen LogP contribution in [-0.4, -0.2) is 10.9 Å². The van der Waals surface area contributed by atoms with Gasteiger partial charge in [0.1, 0.15) is 17.1 Å². The molecule has 0 aliphatic rings. The average molecular weight is 346 g/mol. The molecule has 0 spiro atoms. The third-order valence-corrected chi connectivity index (χ3v) is 2.95. The Morgan fingerprint density at radius 2 is 1.54 bits per heavy atom. The Morgan fingerprint density at radius 1 is 1.04 bits per heavy atom. The molecule has 0 aliphatic carbocycles. The number of ketones is 1. The number of halogens is 5. The summed E-state index contributed by atoms with van der Waals surface area (Å²) >= 11 is 0. The molecule has 24 heavy (non-hydrogen) atoms. The van der Waals surface area contributed by atoms with E-state index in [1.165, 1.54) is 6.92 Å². The Bertz CT molecular complexity index is 901. The van der Waals surface area contributed by atoms with Gasteiger partial charge in [-0.3, -0.25) is 4.79 Å². The van der Waals surface area contributed by atoms with Crippen molar-refractivity contribution in [1.29, 1.82) is 0 Å². The number of carbonyl (C=O) groups excluding carboxylic acids is 1. The standard InChI is InChI=1S/C15H7F5O4/c1-5-4-8(22)9(15(23)24-5)7(21)3-2-6-10(16)12(18)14(20)13(19)11(6)17/h2-4,22H,1H3/b3-2+. The molecule has 126 valence electrons. The maximum absolute atomic E-state index is 13.5. The number of rotatable bonds is 3. The minimum atomic E-state index is -2.34. The lowest BCUT2D eigenvalue weighted by atomic mass is 10.1. The van der Waals surface area contributed by atoms with Gasteiger partial charge in [0.25, 0.3) is 0 Å². The third kappa shape index (κ3) is 2.92. The van der Waals surface area contributed by atoms with Crippen molar-refractivity contribution in [3.05, 3.63) is 68.5 Å². The van der Waals surface area contributed by atoms with Gasteiger partial charge in [0.15, 0.2) is 29.1 Å². The molecule has 1 N–H and O–H groups in total. The lowest BCUT2D eigenvalue weighted by Gasteiger charge is -2.04. The summed E-state index contributed by atoms with van der Waals surface area (Å²) in [6.45, 7) is 1.32. The smallest absolute Gasteiger partial charge is 0.351 e. The van der Waals surface area contributed by atoms with Gasteiger partial charge < -0.3 is 9.52 Å². The molecule has 2 aromatic rings. The van der Waals surface area contributed by atoms with Crippen LogP contribution in [0.15, 0.2) is 21.4 Å². The number of carbonyl (C=O) groups is 1. The monoisotopic (exact) mass is 346 g/mol. The lowest BCUT2D eigenvalue weighted by molar-refractivity contribution is 0.104. The first-order valence-corrected chi connectivity index (χ1v) is 6.22. The first kappa shape index (κ1) is 17.4. The van der Waals surface area contributed by atoms with Crippen molar-refractivity contribution in [2.45, 2.75) is 6.92 Å². The second-order valence-electron chi connectivity index (χ2n) is 4.59. The molecule has 9 heteroatoms. The van der Waals surface area contributed by atoms with Crippen molar-refractivity contribution in [3.8, 4) is 5.75 Å². The fourth-order valence-electron chi connectivity index (χ4n) is 1.83. The molecule has 0 atom stereocenters. The van der Waals surface area contributed by atoms with Crippen molar-refractivity contribution in [3.63, 3.8) is 0 Å². The molecular weight excluding hydrogens is 339 g/mol. The summed E-state index contributed by atoms with van der Waals surface area (Å²) in [5.41, 5.74) is -3.43. The molecule has 0 saturated carbocycles. The summed E-state index contributed by atoms with van der Waals surface area (Å²) in [5, 5.41) is 9.54. The first-order valence-electron chi connectivity index (χ1n) is 6.22. The van der Waals surface area contributed by atoms with Crippen LogP contribution in [0.1, 0.15) is 21.7 Å². The predicted molar refractivity (Wildman–Crippen MR) is 71.0 cm³/mol. The van der Waals surface area contributed by atoms with Gasteiger partial charge in [-0.25, -0.2) is 26.7 Å². The number of hydrogen-bond acceptors (Lipinski definition) is 4. The van der Waals surface area contributed by atoms with Gasteiger partial charge in [-0.1, -0.05) is 0 Å². The Balaban J connectivity index is 2.50. The van der Waals surface area contributed by atoms with Gasteiger partial charge in [-0.2, -0.15) is 0 Å². The SMILES string of the molecule is Cc1cc(O)c(C(=O)/C=C/c2c(F)c(F)c(F)c(F)c2F)c(=O)o1. The lowest BCUT2D eigenvalue weighted by Crippen LogP contribution is -2.13. The molecule has 0 aliphatic heterocycles. The van der Waals surface area contributed by atoms with Crippen molar-refractivity contribution in [2.75, 3.05) is 0 Å². The summed E-state index contributed by atoms with van der Waals surface area (Å²) in [4.78, 5) is 23.3. The van der Waals surface area contributed by atoms with Crippen LogP contribution in [0.5, 0.6) is 5.75 Å². The molecule has 1 aromatic carbocycles. The molecule has 4 nitrogen and oxygen atoms in total. The largest absolute Gasteiger partial charge is 0.507 e. The van der Waals surface area contributed by atoms with Gasteiger partial charge >= 0.3 is 5.63 Å². The number of benzene rings is 1. The zero-order chi connectivity index (χ0) is 18.2. The fraction of sp³-hybridized carbons (Fsp3) is 0.0667. The quantitative estimate of drug-likeness (QED) is 0.305. The van der Waals surface area contributed by atoms with Crippen LogP contribution in [0.4, 0.5) is 22.0 Å². The van der Waals surface area contributed by atoms with Gasteiger partial charge in [0.05, 0.1) is 5.56 Å². The molecule has 0 bridgehead atoms.